The maximum Gasteiger partial charge on any atom is 0.416 e. The molecule has 1 fully saturated rings. The van der Waals surface area contributed by atoms with Gasteiger partial charge in [-0.15, -0.1) is 0 Å². The van der Waals surface area contributed by atoms with Crippen LogP contribution in [0.25, 0.3) is 0 Å². The Labute approximate surface area is 111 Å². The van der Waals surface area contributed by atoms with E-state index >= 15 is 0 Å². The number of benzene rings is 1. The minimum Gasteiger partial charge on any atom is -0.381 e. The Bertz CT molecular complexity index is 402. The molecule has 2 unspecified atom stereocenters. The Balaban J connectivity index is 1.84. The molecule has 5 heteroatoms. The third-order valence-electron chi connectivity index (χ3n) is 3.59. The normalized spacial score (nSPS) is 23.8. The first-order valence-corrected chi connectivity index (χ1v) is 6.41. The Morgan fingerprint density at radius 3 is 2.42 bits per heavy atom. The van der Waals surface area contributed by atoms with Gasteiger partial charge in [0.05, 0.1) is 11.7 Å². The van der Waals surface area contributed by atoms with Crippen LogP contribution in [-0.4, -0.2) is 19.3 Å². The molecule has 1 aliphatic rings. The molecule has 0 spiro atoms. The molecule has 0 bridgehead atoms. The highest BCUT2D eigenvalue weighted by Crippen LogP contribution is 2.29. The molecule has 106 valence electrons. The van der Waals surface area contributed by atoms with Crippen molar-refractivity contribution in [2.45, 2.75) is 44.1 Å². The average Bonchev–Trinajstić information content (AvgIpc) is 2.84. The van der Waals surface area contributed by atoms with E-state index in [2.05, 4.69) is 5.32 Å². The van der Waals surface area contributed by atoms with Gasteiger partial charge in [-0.05, 0) is 37.0 Å². The number of hydrogen-bond donors (Lipinski definition) is 1. The van der Waals surface area contributed by atoms with Crippen molar-refractivity contribution in [3.8, 4) is 0 Å². The van der Waals surface area contributed by atoms with Crippen LogP contribution in [0.2, 0.25) is 0 Å². The molecule has 1 saturated carbocycles. The summed E-state index contributed by atoms with van der Waals surface area (Å²) in [6.45, 7) is 0.596. The van der Waals surface area contributed by atoms with E-state index in [0.717, 1.165) is 37.0 Å². The quantitative estimate of drug-likeness (QED) is 0.908. The molecule has 0 aromatic heterocycles. The van der Waals surface area contributed by atoms with Crippen LogP contribution in [0.4, 0.5) is 13.2 Å². The first kappa shape index (κ1) is 14.3. The SMILES string of the molecule is COC1CCC(NCc2ccc(C(F)(F)F)cc2)C1. The molecule has 2 nitrogen and oxygen atoms in total. The van der Waals surface area contributed by atoms with Gasteiger partial charge in [0.15, 0.2) is 0 Å². The number of ether oxygens (including phenoxy) is 1. The van der Waals surface area contributed by atoms with Gasteiger partial charge in [-0.25, -0.2) is 0 Å². The zero-order valence-electron chi connectivity index (χ0n) is 10.8. The molecule has 0 aliphatic heterocycles. The van der Waals surface area contributed by atoms with Crippen LogP contribution in [0.3, 0.4) is 0 Å². The van der Waals surface area contributed by atoms with Gasteiger partial charge in [0.25, 0.3) is 0 Å². The van der Waals surface area contributed by atoms with Gasteiger partial charge in [0, 0.05) is 19.7 Å². The van der Waals surface area contributed by atoms with E-state index in [1.807, 2.05) is 0 Å². The first-order valence-electron chi connectivity index (χ1n) is 6.41. The summed E-state index contributed by atoms with van der Waals surface area (Å²) in [4.78, 5) is 0. The maximum atomic E-state index is 12.4. The number of methoxy groups -OCH3 is 1. The molecule has 19 heavy (non-hydrogen) atoms. The van der Waals surface area contributed by atoms with Crippen molar-refractivity contribution in [1.82, 2.24) is 5.32 Å². The van der Waals surface area contributed by atoms with E-state index < -0.39 is 11.7 Å². The van der Waals surface area contributed by atoms with Crippen LogP contribution < -0.4 is 5.32 Å². The smallest absolute Gasteiger partial charge is 0.381 e. The summed E-state index contributed by atoms with van der Waals surface area (Å²) in [5.74, 6) is 0. The van der Waals surface area contributed by atoms with Crippen molar-refractivity contribution in [2.75, 3.05) is 7.11 Å². The van der Waals surface area contributed by atoms with Gasteiger partial charge in [-0.2, -0.15) is 13.2 Å². The number of nitrogens with one attached hydrogen (secondary N) is 1. The number of hydrogen-bond acceptors (Lipinski definition) is 2. The second-order valence-electron chi connectivity index (χ2n) is 4.94. The third-order valence-corrected chi connectivity index (χ3v) is 3.59. The predicted molar refractivity (Wildman–Crippen MR) is 66.7 cm³/mol. The van der Waals surface area contributed by atoms with Crippen LogP contribution in [0.5, 0.6) is 0 Å². The van der Waals surface area contributed by atoms with Gasteiger partial charge < -0.3 is 10.1 Å². The molecular formula is C14H18F3NO. The highest BCUT2D eigenvalue weighted by atomic mass is 19.4. The lowest BCUT2D eigenvalue weighted by atomic mass is 10.1. The molecule has 2 rings (SSSR count). The van der Waals surface area contributed by atoms with E-state index in [4.69, 9.17) is 4.74 Å². The fraction of sp³-hybridized carbons (Fsp3) is 0.571. The average molecular weight is 273 g/mol. The summed E-state index contributed by atoms with van der Waals surface area (Å²) in [5.41, 5.74) is 0.269. The van der Waals surface area contributed by atoms with E-state index in [0.29, 0.717) is 18.7 Å². The molecule has 1 N–H and O–H groups in total. The van der Waals surface area contributed by atoms with Crippen molar-refractivity contribution in [1.29, 1.82) is 0 Å². The minimum absolute atomic E-state index is 0.310. The van der Waals surface area contributed by atoms with Gasteiger partial charge in [0.2, 0.25) is 0 Å². The lowest BCUT2D eigenvalue weighted by Crippen LogP contribution is -2.26. The van der Waals surface area contributed by atoms with Crippen molar-refractivity contribution in [3.05, 3.63) is 35.4 Å². The highest BCUT2D eigenvalue weighted by molar-refractivity contribution is 5.24. The Morgan fingerprint density at radius 2 is 1.89 bits per heavy atom. The van der Waals surface area contributed by atoms with Crippen LogP contribution in [0.1, 0.15) is 30.4 Å². The van der Waals surface area contributed by atoms with Crippen molar-refractivity contribution >= 4 is 0 Å². The maximum absolute atomic E-state index is 12.4. The van der Waals surface area contributed by atoms with Crippen LogP contribution in [0.15, 0.2) is 24.3 Å². The number of rotatable bonds is 4. The summed E-state index contributed by atoms with van der Waals surface area (Å²) in [6.07, 6.45) is -0.884. The van der Waals surface area contributed by atoms with Crippen molar-refractivity contribution in [3.63, 3.8) is 0 Å². The number of halogens is 3. The van der Waals surface area contributed by atoms with Crippen LogP contribution >= 0.6 is 0 Å². The Kier molecular flexibility index (Phi) is 4.47. The standard InChI is InChI=1S/C14H18F3NO/c1-19-13-7-6-12(8-13)18-9-10-2-4-11(5-3-10)14(15,16)17/h2-5,12-13,18H,6-9H2,1H3. The summed E-state index contributed by atoms with van der Waals surface area (Å²) < 4.78 is 42.5. The summed E-state index contributed by atoms with van der Waals surface area (Å²) in [7, 11) is 1.71. The topological polar surface area (TPSA) is 21.3 Å². The van der Waals surface area contributed by atoms with Crippen molar-refractivity contribution < 1.29 is 17.9 Å². The largest absolute Gasteiger partial charge is 0.416 e. The fourth-order valence-corrected chi connectivity index (χ4v) is 2.41. The van der Waals surface area contributed by atoms with E-state index in [9.17, 15) is 13.2 Å². The Hall–Kier alpha value is -1.07. The van der Waals surface area contributed by atoms with Gasteiger partial charge in [-0.3, -0.25) is 0 Å². The lowest BCUT2D eigenvalue weighted by molar-refractivity contribution is -0.137. The van der Waals surface area contributed by atoms with Crippen LogP contribution in [0, 0.1) is 0 Å². The zero-order chi connectivity index (χ0) is 13.9. The highest BCUT2D eigenvalue weighted by Gasteiger charge is 2.30. The monoisotopic (exact) mass is 273 g/mol. The van der Waals surface area contributed by atoms with Crippen molar-refractivity contribution in [2.24, 2.45) is 0 Å². The lowest BCUT2D eigenvalue weighted by Gasteiger charge is -2.13. The van der Waals surface area contributed by atoms with Gasteiger partial charge >= 0.3 is 6.18 Å². The third kappa shape index (κ3) is 3.94. The predicted octanol–water partition coefficient (Wildman–Crippen LogP) is 3.36. The molecule has 0 amide bonds. The molecule has 0 radical (unpaired) electrons. The zero-order valence-corrected chi connectivity index (χ0v) is 10.8. The first-order chi connectivity index (χ1) is 8.99. The molecule has 2 atom stereocenters. The fourth-order valence-electron chi connectivity index (χ4n) is 2.41. The molecule has 0 saturated heterocycles. The second-order valence-corrected chi connectivity index (χ2v) is 4.94. The van der Waals surface area contributed by atoms with E-state index in [-0.39, 0.29) is 0 Å². The minimum atomic E-state index is -4.26. The molecule has 1 aromatic carbocycles. The molecule has 1 aromatic rings. The van der Waals surface area contributed by atoms with Gasteiger partial charge in [-0.1, -0.05) is 12.1 Å². The molecule has 1 aliphatic carbocycles. The molecular weight excluding hydrogens is 255 g/mol. The summed E-state index contributed by atoms with van der Waals surface area (Å²) in [5, 5.41) is 3.36. The Morgan fingerprint density at radius 1 is 1.21 bits per heavy atom. The van der Waals surface area contributed by atoms with Gasteiger partial charge in [0.1, 0.15) is 0 Å². The number of alkyl halides is 3. The summed E-state index contributed by atoms with van der Waals surface area (Å²) >= 11 is 0. The van der Waals surface area contributed by atoms with E-state index in [1.54, 1.807) is 7.11 Å². The van der Waals surface area contributed by atoms with E-state index in [1.165, 1.54) is 12.1 Å². The summed E-state index contributed by atoms with van der Waals surface area (Å²) in [6, 6.07) is 5.71. The second kappa shape index (κ2) is 5.92. The molecule has 0 heterocycles. The van der Waals surface area contributed by atoms with Crippen LogP contribution in [-0.2, 0) is 17.5 Å².